The predicted octanol–water partition coefficient (Wildman–Crippen LogP) is 3.60. The molecule has 0 spiro atoms. The number of hydrogen-bond acceptors (Lipinski definition) is 1. The fourth-order valence-corrected chi connectivity index (χ4v) is 1.56. The molecule has 0 aliphatic heterocycles. The Kier molecular flexibility index (Phi) is 2.89. The Morgan fingerprint density at radius 1 is 1.06 bits per heavy atom. The van der Waals surface area contributed by atoms with Crippen molar-refractivity contribution in [3.8, 4) is 11.1 Å². The summed E-state index contributed by atoms with van der Waals surface area (Å²) < 4.78 is 0. The highest BCUT2D eigenvalue weighted by Gasteiger charge is 2.03. The molecule has 2 rings (SSSR count). The number of aromatic carboxylic acids is 1. The molecule has 3 nitrogen and oxygen atoms in total. The van der Waals surface area contributed by atoms with Crippen LogP contribution in [0.1, 0.15) is 10.4 Å². The van der Waals surface area contributed by atoms with Gasteiger partial charge in [-0.3, -0.25) is 0 Å². The lowest BCUT2D eigenvalue weighted by molar-refractivity contribution is 0.0697. The molecule has 2 aromatic carbocycles. The van der Waals surface area contributed by atoms with E-state index in [1.165, 1.54) is 0 Å². The van der Waals surface area contributed by atoms with E-state index in [2.05, 4.69) is 4.85 Å². The minimum absolute atomic E-state index is 0.259. The molecule has 0 bridgehead atoms. The van der Waals surface area contributed by atoms with E-state index in [0.717, 1.165) is 11.1 Å². The van der Waals surface area contributed by atoms with Gasteiger partial charge in [0, 0.05) is 0 Å². The van der Waals surface area contributed by atoms with Gasteiger partial charge in [-0.2, -0.15) is 0 Å². The molecule has 0 unspecified atom stereocenters. The number of carboxylic acid groups (broad SMARTS) is 1. The molecule has 3 heteroatoms. The van der Waals surface area contributed by atoms with Crippen LogP contribution in [0.2, 0.25) is 0 Å². The molecular weight excluding hydrogens is 214 g/mol. The highest BCUT2D eigenvalue weighted by Crippen LogP contribution is 2.24. The van der Waals surface area contributed by atoms with E-state index < -0.39 is 5.97 Å². The third-order valence-corrected chi connectivity index (χ3v) is 2.44. The normalized spacial score (nSPS) is 9.59. The van der Waals surface area contributed by atoms with Gasteiger partial charge in [0.05, 0.1) is 12.1 Å². The number of rotatable bonds is 2. The molecule has 0 aromatic heterocycles. The van der Waals surface area contributed by atoms with Gasteiger partial charge in [-0.05, 0) is 29.3 Å². The molecule has 17 heavy (non-hydrogen) atoms. The summed E-state index contributed by atoms with van der Waals surface area (Å²) in [5, 5.41) is 8.79. The molecule has 0 aliphatic carbocycles. The first-order valence-electron chi connectivity index (χ1n) is 5.02. The van der Waals surface area contributed by atoms with Crippen LogP contribution in [0.15, 0.2) is 48.5 Å². The summed E-state index contributed by atoms with van der Waals surface area (Å²) >= 11 is 0. The summed E-state index contributed by atoms with van der Waals surface area (Å²) in [7, 11) is 0. The fourth-order valence-electron chi connectivity index (χ4n) is 1.56. The third-order valence-electron chi connectivity index (χ3n) is 2.44. The van der Waals surface area contributed by atoms with Crippen LogP contribution in [0.4, 0.5) is 5.69 Å². The minimum Gasteiger partial charge on any atom is -0.478 e. The highest BCUT2D eigenvalue weighted by molar-refractivity contribution is 5.88. The summed E-state index contributed by atoms with van der Waals surface area (Å²) in [6.45, 7) is 6.94. The average molecular weight is 223 g/mol. The zero-order valence-corrected chi connectivity index (χ0v) is 8.92. The highest BCUT2D eigenvalue weighted by atomic mass is 16.4. The molecule has 2 aromatic rings. The van der Waals surface area contributed by atoms with Gasteiger partial charge in [-0.25, -0.2) is 9.64 Å². The lowest BCUT2D eigenvalue weighted by Gasteiger charge is -2.02. The maximum absolute atomic E-state index is 10.7. The number of hydrogen-bond donors (Lipinski definition) is 1. The Morgan fingerprint density at radius 3 is 2.35 bits per heavy atom. The molecule has 1 N–H and O–H groups in total. The lowest BCUT2D eigenvalue weighted by atomic mass is 10.0. The summed E-state index contributed by atoms with van der Waals surface area (Å²) in [5.74, 6) is -0.938. The van der Waals surface area contributed by atoms with Gasteiger partial charge >= 0.3 is 5.97 Å². The Morgan fingerprint density at radius 2 is 1.76 bits per heavy atom. The summed E-state index contributed by atoms with van der Waals surface area (Å²) in [5.41, 5.74) is 2.65. The minimum atomic E-state index is -0.938. The van der Waals surface area contributed by atoms with Crippen LogP contribution in [-0.4, -0.2) is 11.1 Å². The van der Waals surface area contributed by atoms with Crippen LogP contribution in [-0.2, 0) is 0 Å². The second-order valence-electron chi connectivity index (χ2n) is 3.54. The van der Waals surface area contributed by atoms with E-state index in [0.29, 0.717) is 5.69 Å². The van der Waals surface area contributed by atoms with Crippen LogP contribution in [0.3, 0.4) is 0 Å². The monoisotopic (exact) mass is 223 g/mol. The maximum atomic E-state index is 10.7. The first kappa shape index (κ1) is 10.9. The van der Waals surface area contributed by atoms with E-state index in [1.54, 1.807) is 36.4 Å². The van der Waals surface area contributed by atoms with Crippen LogP contribution < -0.4 is 0 Å². The van der Waals surface area contributed by atoms with Crippen molar-refractivity contribution in [1.82, 2.24) is 0 Å². The van der Waals surface area contributed by atoms with Crippen molar-refractivity contribution in [1.29, 1.82) is 0 Å². The molecule has 0 radical (unpaired) electrons. The van der Waals surface area contributed by atoms with Crippen LogP contribution in [0, 0.1) is 6.57 Å². The Balaban J connectivity index is 2.40. The molecule has 0 saturated carbocycles. The van der Waals surface area contributed by atoms with Crippen molar-refractivity contribution < 1.29 is 9.90 Å². The molecule has 0 fully saturated rings. The Hall–Kier alpha value is -2.60. The van der Waals surface area contributed by atoms with Gasteiger partial charge in [-0.15, -0.1) is 0 Å². The summed E-state index contributed by atoms with van der Waals surface area (Å²) in [6.07, 6.45) is 0. The Labute approximate surface area is 98.8 Å². The number of benzene rings is 2. The van der Waals surface area contributed by atoms with Crippen molar-refractivity contribution in [3.63, 3.8) is 0 Å². The third kappa shape index (κ3) is 2.32. The van der Waals surface area contributed by atoms with E-state index in [1.807, 2.05) is 12.1 Å². The van der Waals surface area contributed by atoms with E-state index in [4.69, 9.17) is 11.7 Å². The number of carboxylic acids is 1. The van der Waals surface area contributed by atoms with Gasteiger partial charge in [0.2, 0.25) is 0 Å². The molecule has 82 valence electrons. The SMILES string of the molecule is [C-]#[N+]c1cccc(-c2ccc(C(=O)O)cc2)c1. The molecule has 0 saturated heterocycles. The first-order chi connectivity index (χ1) is 8.20. The largest absolute Gasteiger partial charge is 0.478 e. The molecule has 0 aliphatic rings. The smallest absolute Gasteiger partial charge is 0.335 e. The first-order valence-corrected chi connectivity index (χ1v) is 5.02. The van der Waals surface area contributed by atoms with Crippen LogP contribution >= 0.6 is 0 Å². The molecular formula is C14H9NO2. The van der Waals surface area contributed by atoms with Gasteiger partial charge in [0.1, 0.15) is 0 Å². The van der Waals surface area contributed by atoms with E-state index in [9.17, 15) is 4.79 Å². The molecule has 0 heterocycles. The van der Waals surface area contributed by atoms with Crippen molar-refractivity contribution in [2.75, 3.05) is 0 Å². The average Bonchev–Trinajstić information content (AvgIpc) is 2.39. The topological polar surface area (TPSA) is 41.7 Å². The summed E-state index contributed by atoms with van der Waals surface area (Å²) in [6, 6.07) is 13.8. The molecule has 0 atom stereocenters. The Bertz CT molecular complexity index is 594. The maximum Gasteiger partial charge on any atom is 0.335 e. The van der Waals surface area contributed by atoms with Crippen LogP contribution in [0.5, 0.6) is 0 Å². The number of carbonyl (C=O) groups is 1. The number of nitrogens with zero attached hydrogens (tertiary/aromatic N) is 1. The van der Waals surface area contributed by atoms with Crippen molar-refractivity contribution in [2.24, 2.45) is 0 Å². The van der Waals surface area contributed by atoms with Gasteiger partial charge in [0.15, 0.2) is 5.69 Å². The quantitative estimate of drug-likeness (QED) is 0.790. The molecule has 0 amide bonds. The predicted molar refractivity (Wildman–Crippen MR) is 65.1 cm³/mol. The standard InChI is InChI=1S/C14H9NO2/c1-15-13-4-2-3-12(9-13)10-5-7-11(8-6-10)14(16)17/h2-9H,(H,16,17). The lowest BCUT2D eigenvalue weighted by Crippen LogP contribution is -1.94. The van der Waals surface area contributed by atoms with Crippen molar-refractivity contribution >= 4 is 11.7 Å². The van der Waals surface area contributed by atoms with E-state index in [-0.39, 0.29) is 5.56 Å². The van der Waals surface area contributed by atoms with Crippen molar-refractivity contribution in [2.45, 2.75) is 0 Å². The van der Waals surface area contributed by atoms with Gasteiger partial charge in [-0.1, -0.05) is 30.3 Å². The van der Waals surface area contributed by atoms with Crippen molar-refractivity contribution in [3.05, 3.63) is 65.5 Å². The van der Waals surface area contributed by atoms with Crippen LogP contribution in [0.25, 0.3) is 16.0 Å². The summed E-state index contributed by atoms with van der Waals surface area (Å²) in [4.78, 5) is 14.1. The second-order valence-corrected chi connectivity index (χ2v) is 3.54. The zero-order chi connectivity index (χ0) is 12.3. The fraction of sp³-hybridized carbons (Fsp3) is 0. The zero-order valence-electron chi connectivity index (χ0n) is 8.92. The van der Waals surface area contributed by atoms with Gasteiger partial charge < -0.3 is 5.11 Å². The van der Waals surface area contributed by atoms with Gasteiger partial charge in [0.25, 0.3) is 0 Å². The second kappa shape index (κ2) is 4.50. The van der Waals surface area contributed by atoms with E-state index >= 15 is 0 Å².